The van der Waals surface area contributed by atoms with Crippen LogP contribution in [0.5, 0.6) is 11.5 Å². The lowest BCUT2D eigenvalue weighted by atomic mass is 10.1. The molecule has 0 bridgehead atoms. The Morgan fingerprint density at radius 3 is 2.82 bits per heavy atom. The van der Waals surface area contributed by atoms with Gasteiger partial charge in [-0.15, -0.1) is 0 Å². The number of hydrogen-bond acceptors (Lipinski definition) is 4. The standard InChI is InChI=1S/C22H23N3O3/c1-15-5-3-8-18(11-15)28-14-21(26)25-10-9-19-20(13-25)24-22(23-19)16-6-4-7-17(12-16)27-2/h3-8,11-12H,9-10,13-14H2,1-2H3,(H,23,24). The average molecular weight is 377 g/mol. The molecule has 0 fully saturated rings. The van der Waals surface area contributed by atoms with E-state index in [0.717, 1.165) is 40.5 Å². The summed E-state index contributed by atoms with van der Waals surface area (Å²) in [6, 6.07) is 15.5. The van der Waals surface area contributed by atoms with E-state index in [0.29, 0.717) is 18.8 Å². The highest BCUT2D eigenvalue weighted by molar-refractivity contribution is 5.78. The van der Waals surface area contributed by atoms with Gasteiger partial charge in [0.15, 0.2) is 6.61 Å². The summed E-state index contributed by atoms with van der Waals surface area (Å²) in [5.74, 6) is 2.28. The molecular formula is C22H23N3O3. The van der Waals surface area contributed by atoms with E-state index < -0.39 is 0 Å². The van der Waals surface area contributed by atoms with E-state index in [-0.39, 0.29) is 12.5 Å². The number of carbonyl (C=O) groups excluding carboxylic acids is 1. The van der Waals surface area contributed by atoms with Crippen LogP contribution in [-0.2, 0) is 17.8 Å². The molecule has 0 aliphatic carbocycles. The van der Waals surface area contributed by atoms with Crippen LogP contribution < -0.4 is 9.47 Å². The van der Waals surface area contributed by atoms with Crippen LogP contribution in [0, 0.1) is 6.92 Å². The van der Waals surface area contributed by atoms with Gasteiger partial charge in [-0.25, -0.2) is 4.98 Å². The molecule has 3 aromatic rings. The lowest BCUT2D eigenvalue weighted by Crippen LogP contribution is -2.38. The molecule has 1 aliphatic rings. The first-order chi connectivity index (χ1) is 13.6. The number of amides is 1. The Hall–Kier alpha value is -3.28. The smallest absolute Gasteiger partial charge is 0.260 e. The first-order valence-corrected chi connectivity index (χ1v) is 9.32. The van der Waals surface area contributed by atoms with Gasteiger partial charge in [-0.05, 0) is 36.8 Å². The quantitative estimate of drug-likeness (QED) is 0.740. The molecule has 0 atom stereocenters. The van der Waals surface area contributed by atoms with Gasteiger partial charge in [0.25, 0.3) is 5.91 Å². The molecule has 144 valence electrons. The summed E-state index contributed by atoms with van der Waals surface area (Å²) >= 11 is 0. The number of nitrogens with one attached hydrogen (secondary N) is 1. The number of carbonyl (C=O) groups is 1. The Kier molecular flexibility index (Phi) is 5.02. The Morgan fingerprint density at radius 1 is 1.18 bits per heavy atom. The predicted molar refractivity (Wildman–Crippen MR) is 106 cm³/mol. The minimum absolute atomic E-state index is 0.0234. The predicted octanol–water partition coefficient (Wildman–Crippen LogP) is 3.36. The number of rotatable bonds is 5. The normalized spacial score (nSPS) is 13.1. The Labute approximate surface area is 164 Å². The average Bonchev–Trinajstić information content (AvgIpc) is 3.15. The summed E-state index contributed by atoms with van der Waals surface area (Å²) in [7, 11) is 1.65. The lowest BCUT2D eigenvalue weighted by Gasteiger charge is -2.26. The first-order valence-electron chi connectivity index (χ1n) is 9.32. The van der Waals surface area contributed by atoms with Crippen molar-refractivity contribution in [2.75, 3.05) is 20.3 Å². The fourth-order valence-corrected chi connectivity index (χ4v) is 3.36. The topological polar surface area (TPSA) is 67.5 Å². The van der Waals surface area contributed by atoms with Crippen molar-refractivity contribution >= 4 is 5.91 Å². The van der Waals surface area contributed by atoms with Crippen LogP contribution in [0.2, 0.25) is 0 Å². The van der Waals surface area contributed by atoms with E-state index in [2.05, 4.69) is 4.98 Å². The van der Waals surface area contributed by atoms with Crippen LogP contribution in [0.1, 0.15) is 17.0 Å². The third-order valence-electron chi connectivity index (χ3n) is 4.88. The van der Waals surface area contributed by atoms with E-state index >= 15 is 0 Å². The SMILES string of the molecule is COc1cccc(-c2nc3c([nH]2)CN(C(=O)COc2cccc(C)c2)CC3)c1. The van der Waals surface area contributed by atoms with Crippen LogP contribution >= 0.6 is 0 Å². The molecule has 0 saturated heterocycles. The van der Waals surface area contributed by atoms with Gasteiger partial charge in [-0.2, -0.15) is 0 Å². The first kappa shape index (κ1) is 18.1. The van der Waals surface area contributed by atoms with Gasteiger partial charge < -0.3 is 19.4 Å². The van der Waals surface area contributed by atoms with Crippen LogP contribution in [-0.4, -0.2) is 41.0 Å². The summed E-state index contributed by atoms with van der Waals surface area (Å²) in [4.78, 5) is 22.5. The van der Waals surface area contributed by atoms with Gasteiger partial charge in [0.1, 0.15) is 17.3 Å². The number of ether oxygens (including phenoxy) is 2. The number of nitrogens with zero attached hydrogens (tertiary/aromatic N) is 2. The zero-order valence-corrected chi connectivity index (χ0v) is 16.1. The van der Waals surface area contributed by atoms with Crippen LogP contribution in [0.25, 0.3) is 11.4 Å². The van der Waals surface area contributed by atoms with Gasteiger partial charge in [0, 0.05) is 18.5 Å². The molecule has 6 heteroatoms. The number of aryl methyl sites for hydroxylation is 1. The molecule has 2 aromatic carbocycles. The van der Waals surface area contributed by atoms with Gasteiger partial charge in [0.2, 0.25) is 0 Å². The van der Waals surface area contributed by atoms with Crippen molar-refractivity contribution in [1.82, 2.24) is 14.9 Å². The maximum Gasteiger partial charge on any atom is 0.260 e. The summed E-state index contributed by atoms with van der Waals surface area (Å²) in [6.45, 7) is 3.20. The molecular weight excluding hydrogens is 354 g/mol. The fraction of sp³-hybridized carbons (Fsp3) is 0.273. The molecule has 4 rings (SSSR count). The Balaban J connectivity index is 1.43. The molecule has 2 heterocycles. The minimum Gasteiger partial charge on any atom is -0.497 e. The molecule has 1 N–H and O–H groups in total. The maximum absolute atomic E-state index is 12.6. The van der Waals surface area contributed by atoms with Crippen molar-refractivity contribution in [1.29, 1.82) is 0 Å². The third-order valence-corrected chi connectivity index (χ3v) is 4.88. The zero-order valence-electron chi connectivity index (χ0n) is 16.1. The van der Waals surface area contributed by atoms with E-state index in [1.807, 2.05) is 60.4 Å². The maximum atomic E-state index is 12.6. The number of fused-ring (bicyclic) bond motifs is 1. The number of benzene rings is 2. The molecule has 1 aromatic heterocycles. The number of imidazole rings is 1. The van der Waals surface area contributed by atoms with E-state index in [4.69, 9.17) is 14.5 Å². The highest BCUT2D eigenvalue weighted by Gasteiger charge is 2.24. The van der Waals surface area contributed by atoms with E-state index in [9.17, 15) is 4.79 Å². The number of H-pyrrole nitrogens is 1. The number of hydrogen-bond donors (Lipinski definition) is 1. The largest absolute Gasteiger partial charge is 0.497 e. The minimum atomic E-state index is -0.0234. The summed E-state index contributed by atoms with van der Waals surface area (Å²) in [5, 5.41) is 0. The summed E-state index contributed by atoms with van der Waals surface area (Å²) < 4.78 is 10.9. The van der Waals surface area contributed by atoms with Crippen LogP contribution in [0.3, 0.4) is 0 Å². The van der Waals surface area contributed by atoms with Crippen molar-refractivity contribution in [2.45, 2.75) is 19.9 Å². The molecule has 0 saturated carbocycles. The van der Waals surface area contributed by atoms with Crippen LogP contribution in [0.15, 0.2) is 48.5 Å². The third kappa shape index (κ3) is 3.86. The molecule has 6 nitrogen and oxygen atoms in total. The van der Waals surface area contributed by atoms with Crippen LogP contribution in [0.4, 0.5) is 0 Å². The van der Waals surface area contributed by atoms with Gasteiger partial charge in [-0.1, -0.05) is 24.3 Å². The van der Waals surface area contributed by atoms with E-state index in [1.165, 1.54) is 0 Å². The molecule has 1 aliphatic heterocycles. The van der Waals surface area contributed by atoms with Crippen molar-refractivity contribution < 1.29 is 14.3 Å². The highest BCUT2D eigenvalue weighted by atomic mass is 16.5. The molecule has 0 spiro atoms. The Morgan fingerprint density at radius 2 is 2.00 bits per heavy atom. The Bertz CT molecular complexity index is 996. The van der Waals surface area contributed by atoms with Gasteiger partial charge >= 0.3 is 0 Å². The summed E-state index contributed by atoms with van der Waals surface area (Å²) in [5.41, 5.74) is 4.07. The molecule has 28 heavy (non-hydrogen) atoms. The van der Waals surface area contributed by atoms with Crippen molar-refractivity contribution in [3.8, 4) is 22.9 Å². The highest BCUT2D eigenvalue weighted by Crippen LogP contribution is 2.25. The fourth-order valence-electron chi connectivity index (χ4n) is 3.36. The van der Waals surface area contributed by atoms with Crippen molar-refractivity contribution in [2.24, 2.45) is 0 Å². The lowest BCUT2D eigenvalue weighted by molar-refractivity contribution is -0.134. The molecule has 1 amide bonds. The number of methoxy groups -OCH3 is 1. The second-order valence-corrected chi connectivity index (χ2v) is 6.91. The summed E-state index contributed by atoms with van der Waals surface area (Å²) in [6.07, 6.45) is 0.728. The van der Waals surface area contributed by atoms with E-state index in [1.54, 1.807) is 7.11 Å². The van der Waals surface area contributed by atoms with Crippen molar-refractivity contribution in [3.63, 3.8) is 0 Å². The van der Waals surface area contributed by atoms with Gasteiger partial charge in [-0.3, -0.25) is 4.79 Å². The van der Waals surface area contributed by atoms with Crippen molar-refractivity contribution in [3.05, 3.63) is 65.5 Å². The number of aromatic nitrogens is 2. The van der Waals surface area contributed by atoms with Gasteiger partial charge in [0.05, 0.1) is 25.0 Å². The molecule has 0 unspecified atom stereocenters. The second kappa shape index (κ2) is 7.76. The zero-order chi connectivity index (χ0) is 19.5. The monoisotopic (exact) mass is 377 g/mol. The molecule has 0 radical (unpaired) electrons. The second-order valence-electron chi connectivity index (χ2n) is 6.91. The number of aromatic amines is 1.